The summed E-state index contributed by atoms with van der Waals surface area (Å²) in [6, 6.07) is 4.75. The molecule has 1 aliphatic rings. The van der Waals surface area contributed by atoms with Crippen molar-refractivity contribution < 1.29 is 9.72 Å². The molecule has 0 heterocycles. The van der Waals surface area contributed by atoms with Crippen LogP contribution >= 0.6 is 15.9 Å². The van der Waals surface area contributed by atoms with Gasteiger partial charge in [0.25, 0.3) is 11.6 Å². The number of aryl methyl sites for hydroxylation is 1. The third-order valence-electron chi connectivity index (χ3n) is 4.04. The van der Waals surface area contributed by atoms with Crippen LogP contribution in [0.5, 0.6) is 0 Å². The molecule has 1 saturated carbocycles. The topological polar surface area (TPSA) is 63.5 Å². The van der Waals surface area contributed by atoms with E-state index in [2.05, 4.69) is 15.9 Å². The number of nitro benzene ring substituents is 1. The van der Waals surface area contributed by atoms with Gasteiger partial charge in [0.15, 0.2) is 0 Å². The lowest BCUT2D eigenvalue weighted by Gasteiger charge is -2.35. The third-order valence-corrected chi connectivity index (χ3v) is 5.11. The van der Waals surface area contributed by atoms with Crippen LogP contribution in [0.15, 0.2) is 18.2 Å². The van der Waals surface area contributed by atoms with E-state index < -0.39 is 4.92 Å². The van der Waals surface area contributed by atoms with E-state index in [4.69, 9.17) is 0 Å². The Balaban J connectivity index is 2.30. The van der Waals surface area contributed by atoms with Crippen LogP contribution in [0.25, 0.3) is 0 Å². The zero-order valence-corrected chi connectivity index (χ0v) is 13.8. The number of halogens is 1. The van der Waals surface area contributed by atoms with Crippen molar-refractivity contribution in [3.63, 3.8) is 0 Å². The molecule has 0 radical (unpaired) electrons. The van der Waals surface area contributed by atoms with E-state index in [0.717, 1.165) is 31.2 Å². The van der Waals surface area contributed by atoms with E-state index in [1.807, 2.05) is 6.92 Å². The normalized spacial score (nSPS) is 21.9. The maximum Gasteiger partial charge on any atom is 0.282 e. The van der Waals surface area contributed by atoms with Gasteiger partial charge in [0.05, 0.1) is 4.92 Å². The van der Waals surface area contributed by atoms with Gasteiger partial charge in [-0.05, 0) is 31.4 Å². The molecule has 114 valence electrons. The molecule has 0 bridgehead atoms. The van der Waals surface area contributed by atoms with Crippen LogP contribution < -0.4 is 0 Å². The quantitative estimate of drug-likeness (QED) is 0.472. The van der Waals surface area contributed by atoms with E-state index in [9.17, 15) is 14.9 Å². The van der Waals surface area contributed by atoms with Gasteiger partial charge in [0, 0.05) is 24.0 Å². The Bertz CT molecular complexity index is 562. The molecule has 0 aromatic heterocycles. The average Bonchev–Trinajstić information content (AvgIpc) is 2.45. The van der Waals surface area contributed by atoms with Gasteiger partial charge in [-0.25, -0.2) is 0 Å². The van der Waals surface area contributed by atoms with Gasteiger partial charge < -0.3 is 4.90 Å². The zero-order chi connectivity index (χ0) is 15.6. The second-order valence-electron chi connectivity index (χ2n) is 5.56. The fraction of sp³-hybridized carbons (Fsp3) is 0.533. The van der Waals surface area contributed by atoms with Gasteiger partial charge in [-0.3, -0.25) is 14.9 Å². The number of carbonyl (C=O) groups excluding carboxylic acids is 1. The van der Waals surface area contributed by atoms with Gasteiger partial charge >= 0.3 is 0 Å². The number of nitrogens with zero attached hydrogens (tertiary/aromatic N) is 2. The lowest BCUT2D eigenvalue weighted by atomic mass is 9.93. The van der Waals surface area contributed by atoms with Gasteiger partial charge in [-0.15, -0.1) is 0 Å². The summed E-state index contributed by atoms with van der Waals surface area (Å²) in [6.07, 6.45) is 4.19. The number of hydrogen-bond donors (Lipinski definition) is 0. The standard InChI is InChI=1S/C15H19BrN2O3/c1-10-7-8-13(18(20)21)11(9-10)15(19)17(2)14-6-4-3-5-12(14)16/h7-9,12,14H,3-6H2,1-2H3. The van der Waals surface area contributed by atoms with Crippen molar-refractivity contribution >= 4 is 27.5 Å². The number of alkyl halides is 1. The van der Waals surface area contributed by atoms with Crippen LogP contribution in [0, 0.1) is 17.0 Å². The zero-order valence-electron chi connectivity index (χ0n) is 12.2. The number of hydrogen-bond acceptors (Lipinski definition) is 3. The summed E-state index contributed by atoms with van der Waals surface area (Å²) in [4.78, 5) is 25.2. The fourth-order valence-corrected chi connectivity index (χ4v) is 3.77. The molecule has 5 nitrogen and oxygen atoms in total. The summed E-state index contributed by atoms with van der Waals surface area (Å²) >= 11 is 3.63. The first kappa shape index (κ1) is 15.9. The highest BCUT2D eigenvalue weighted by Gasteiger charge is 2.32. The first-order valence-corrected chi connectivity index (χ1v) is 7.99. The Hall–Kier alpha value is -1.43. The Kier molecular flexibility index (Phi) is 4.98. The molecule has 2 atom stereocenters. The van der Waals surface area contributed by atoms with Crippen LogP contribution in [0.1, 0.15) is 41.6 Å². The van der Waals surface area contributed by atoms with Crippen LogP contribution in [-0.2, 0) is 0 Å². The van der Waals surface area contributed by atoms with Crippen molar-refractivity contribution in [1.82, 2.24) is 4.90 Å². The van der Waals surface area contributed by atoms with E-state index in [1.54, 1.807) is 24.1 Å². The predicted octanol–water partition coefficient (Wildman–Crippen LogP) is 3.68. The molecule has 0 spiro atoms. The van der Waals surface area contributed by atoms with Crippen molar-refractivity contribution in [3.8, 4) is 0 Å². The minimum absolute atomic E-state index is 0.0892. The lowest BCUT2D eigenvalue weighted by Crippen LogP contribution is -2.44. The lowest BCUT2D eigenvalue weighted by molar-refractivity contribution is -0.385. The monoisotopic (exact) mass is 354 g/mol. The second-order valence-corrected chi connectivity index (χ2v) is 6.74. The average molecular weight is 355 g/mol. The maximum absolute atomic E-state index is 12.7. The van der Waals surface area contributed by atoms with Crippen LogP contribution in [-0.4, -0.2) is 33.6 Å². The van der Waals surface area contributed by atoms with Crippen molar-refractivity contribution in [2.75, 3.05) is 7.05 Å². The molecule has 21 heavy (non-hydrogen) atoms. The van der Waals surface area contributed by atoms with Crippen molar-refractivity contribution in [1.29, 1.82) is 0 Å². The van der Waals surface area contributed by atoms with Crippen LogP contribution in [0.4, 0.5) is 5.69 Å². The van der Waals surface area contributed by atoms with Crippen molar-refractivity contribution in [2.24, 2.45) is 0 Å². The summed E-state index contributed by atoms with van der Waals surface area (Å²) in [5, 5.41) is 11.1. The Morgan fingerprint density at radius 2 is 2.05 bits per heavy atom. The highest BCUT2D eigenvalue weighted by molar-refractivity contribution is 9.09. The Morgan fingerprint density at radius 3 is 2.67 bits per heavy atom. The molecule has 1 aromatic carbocycles. The van der Waals surface area contributed by atoms with Crippen LogP contribution in [0.2, 0.25) is 0 Å². The fourth-order valence-electron chi connectivity index (χ4n) is 2.82. The molecule has 0 aliphatic heterocycles. The third kappa shape index (κ3) is 3.43. The van der Waals surface area contributed by atoms with E-state index in [-0.39, 0.29) is 28.0 Å². The molecule has 1 aliphatic carbocycles. The van der Waals surface area contributed by atoms with E-state index in [1.165, 1.54) is 6.07 Å². The predicted molar refractivity (Wildman–Crippen MR) is 84.9 cm³/mol. The minimum Gasteiger partial charge on any atom is -0.337 e. The molecule has 2 rings (SSSR count). The Morgan fingerprint density at radius 1 is 1.38 bits per heavy atom. The largest absolute Gasteiger partial charge is 0.337 e. The Labute approximate surface area is 132 Å². The molecule has 2 unspecified atom stereocenters. The molecular formula is C15H19BrN2O3. The molecule has 1 fully saturated rings. The van der Waals surface area contributed by atoms with Crippen LogP contribution in [0.3, 0.4) is 0 Å². The summed E-state index contributed by atoms with van der Waals surface area (Å²) in [6.45, 7) is 1.83. The van der Waals surface area contributed by atoms with Gasteiger partial charge in [-0.1, -0.05) is 34.8 Å². The maximum atomic E-state index is 12.7. The minimum atomic E-state index is -0.493. The van der Waals surface area contributed by atoms with Crippen molar-refractivity contribution in [2.45, 2.75) is 43.5 Å². The molecular weight excluding hydrogens is 336 g/mol. The summed E-state index contributed by atoms with van der Waals surface area (Å²) in [5.74, 6) is -0.276. The highest BCUT2D eigenvalue weighted by Crippen LogP contribution is 2.30. The number of rotatable bonds is 3. The van der Waals surface area contributed by atoms with Crippen molar-refractivity contribution in [3.05, 3.63) is 39.4 Å². The van der Waals surface area contributed by atoms with Gasteiger partial charge in [0.2, 0.25) is 0 Å². The number of amides is 1. The van der Waals surface area contributed by atoms with Gasteiger partial charge in [-0.2, -0.15) is 0 Å². The van der Waals surface area contributed by atoms with Gasteiger partial charge in [0.1, 0.15) is 5.56 Å². The molecule has 6 heteroatoms. The summed E-state index contributed by atoms with van der Waals surface area (Å²) in [5.41, 5.74) is 0.892. The summed E-state index contributed by atoms with van der Waals surface area (Å²) < 4.78 is 0. The van der Waals surface area contributed by atoms with E-state index >= 15 is 0 Å². The SMILES string of the molecule is Cc1ccc([N+](=O)[O-])c(C(=O)N(C)C2CCCCC2Br)c1. The smallest absolute Gasteiger partial charge is 0.282 e. The molecule has 1 amide bonds. The number of nitro groups is 1. The second kappa shape index (κ2) is 6.56. The molecule has 1 aromatic rings. The first-order chi connectivity index (χ1) is 9.91. The molecule has 0 N–H and O–H groups in total. The first-order valence-electron chi connectivity index (χ1n) is 7.08. The van der Waals surface area contributed by atoms with E-state index in [0.29, 0.717) is 0 Å². The summed E-state index contributed by atoms with van der Waals surface area (Å²) in [7, 11) is 1.73. The molecule has 0 saturated heterocycles. The highest BCUT2D eigenvalue weighted by atomic mass is 79.9. The number of benzene rings is 1. The number of carbonyl (C=O) groups is 1.